The zero-order chi connectivity index (χ0) is 9.68. The number of anilines is 1. The first-order valence-corrected chi connectivity index (χ1v) is 4.19. The average Bonchev–Trinajstić information content (AvgIpc) is 2.03. The molecule has 0 bridgehead atoms. The van der Waals surface area contributed by atoms with Crippen LogP contribution in [0.5, 0.6) is 0 Å². The van der Waals surface area contributed by atoms with Crippen molar-refractivity contribution in [2.24, 2.45) is 0 Å². The third kappa shape index (κ3) is 3.38. The molecule has 1 radical (unpaired) electrons. The first-order chi connectivity index (χ1) is 6.22. The summed E-state index contributed by atoms with van der Waals surface area (Å²) in [4.78, 5) is 8.19. The number of aryl methyl sites for hydroxylation is 1. The Hall–Kier alpha value is -1.16. The van der Waals surface area contributed by atoms with Crippen molar-refractivity contribution < 1.29 is 4.74 Å². The molecule has 1 aromatic rings. The Bertz CT molecular complexity index is 255. The molecule has 0 unspecified atom stereocenters. The van der Waals surface area contributed by atoms with E-state index in [9.17, 15) is 0 Å². The highest BCUT2D eigenvalue weighted by Gasteiger charge is 1.98. The van der Waals surface area contributed by atoms with E-state index in [4.69, 9.17) is 10.5 Å². The fourth-order valence-corrected chi connectivity index (χ4v) is 1.06. The normalized spacial score (nSPS) is 10.3. The van der Waals surface area contributed by atoms with E-state index in [1.807, 2.05) is 6.92 Å². The predicted octanol–water partition coefficient (Wildman–Crippen LogP) is 0.760. The van der Waals surface area contributed by atoms with Crippen LogP contribution in [-0.2, 0) is 11.2 Å². The summed E-state index contributed by atoms with van der Waals surface area (Å²) in [6, 6.07) is 1.76. The van der Waals surface area contributed by atoms with Gasteiger partial charge in [-0.15, -0.1) is 0 Å². The lowest BCUT2D eigenvalue weighted by atomic mass is 10.3. The molecule has 0 saturated heterocycles. The molecule has 0 aromatic carbocycles. The number of aromatic nitrogens is 2. The minimum atomic E-state index is 0.486. The third-order valence-corrected chi connectivity index (χ3v) is 1.56. The Kier molecular flexibility index (Phi) is 3.64. The molecule has 0 amide bonds. The average molecular weight is 180 g/mol. The molecular formula is C9H14N3O. The van der Waals surface area contributed by atoms with E-state index in [-0.39, 0.29) is 0 Å². The molecule has 1 aromatic heterocycles. The lowest BCUT2D eigenvalue weighted by Gasteiger charge is -2.02. The maximum Gasteiger partial charge on any atom is 0.127 e. The van der Waals surface area contributed by atoms with E-state index in [0.29, 0.717) is 24.9 Å². The van der Waals surface area contributed by atoms with Gasteiger partial charge < -0.3 is 10.5 Å². The summed E-state index contributed by atoms with van der Waals surface area (Å²) in [6.45, 7) is 6.50. The van der Waals surface area contributed by atoms with Gasteiger partial charge >= 0.3 is 0 Å². The Morgan fingerprint density at radius 3 is 2.92 bits per heavy atom. The van der Waals surface area contributed by atoms with Gasteiger partial charge in [-0.05, 0) is 13.8 Å². The van der Waals surface area contributed by atoms with Crippen LogP contribution in [0.15, 0.2) is 6.07 Å². The van der Waals surface area contributed by atoms with E-state index in [1.54, 1.807) is 6.07 Å². The largest absolute Gasteiger partial charge is 0.384 e. The van der Waals surface area contributed by atoms with Crippen LogP contribution in [0.25, 0.3) is 0 Å². The fourth-order valence-electron chi connectivity index (χ4n) is 1.06. The number of hydrogen-bond acceptors (Lipinski definition) is 4. The zero-order valence-electron chi connectivity index (χ0n) is 7.79. The maximum atomic E-state index is 5.56. The minimum absolute atomic E-state index is 0.486. The van der Waals surface area contributed by atoms with Gasteiger partial charge in [-0.3, -0.25) is 0 Å². The third-order valence-electron chi connectivity index (χ3n) is 1.56. The molecule has 0 saturated carbocycles. The van der Waals surface area contributed by atoms with Crippen LogP contribution < -0.4 is 5.73 Å². The fraction of sp³-hybridized carbons (Fsp3) is 0.444. The molecular weight excluding hydrogens is 166 g/mol. The van der Waals surface area contributed by atoms with Crippen LogP contribution in [0.3, 0.4) is 0 Å². The van der Waals surface area contributed by atoms with Crippen molar-refractivity contribution in [3.8, 4) is 0 Å². The highest BCUT2D eigenvalue weighted by Crippen LogP contribution is 2.03. The second-order valence-corrected chi connectivity index (χ2v) is 2.69. The van der Waals surface area contributed by atoms with E-state index < -0.39 is 0 Å². The molecule has 4 nitrogen and oxygen atoms in total. The van der Waals surface area contributed by atoms with Gasteiger partial charge in [-0.2, -0.15) is 0 Å². The van der Waals surface area contributed by atoms with Gasteiger partial charge in [0.05, 0.1) is 6.61 Å². The van der Waals surface area contributed by atoms with Crippen molar-refractivity contribution in [3.63, 3.8) is 0 Å². The van der Waals surface area contributed by atoms with Gasteiger partial charge in [0, 0.05) is 24.8 Å². The van der Waals surface area contributed by atoms with E-state index in [1.165, 1.54) is 0 Å². The monoisotopic (exact) mass is 180 g/mol. The Balaban J connectivity index is 2.56. The highest BCUT2D eigenvalue weighted by molar-refractivity contribution is 5.29. The molecule has 2 N–H and O–H groups in total. The van der Waals surface area contributed by atoms with Crippen LogP contribution in [0, 0.1) is 13.8 Å². The number of nitrogens with zero attached hydrogens (tertiary/aromatic N) is 2. The van der Waals surface area contributed by atoms with Crippen LogP contribution in [0.2, 0.25) is 0 Å². The summed E-state index contributed by atoms with van der Waals surface area (Å²) in [5, 5.41) is 0. The summed E-state index contributed by atoms with van der Waals surface area (Å²) >= 11 is 0. The lowest BCUT2D eigenvalue weighted by Crippen LogP contribution is -2.04. The van der Waals surface area contributed by atoms with Crippen LogP contribution in [-0.4, -0.2) is 23.2 Å². The van der Waals surface area contributed by atoms with Gasteiger partial charge in [0.15, 0.2) is 0 Å². The molecule has 0 atom stereocenters. The molecule has 13 heavy (non-hydrogen) atoms. The van der Waals surface area contributed by atoms with Gasteiger partial charge in [-0.25, -0.2) is 9.97 Å². The topological polar surface area (TPSA) is 61.0 Å². The molecule has 4 heteroatoms. The molecule has 0 aliphatic rings. The maximum absolute atomic E-state index is 5.56. The number of ether oxygens (including phenoxy) is 1. The number of nitrogens with two attached hydrogens (primary N) is 1. The van der Waals surface area contributed by atoms with Crippen molar-refractivity contribution >= 4 is 5.82 Å². The zero-order valence-corrected chi connectivity index (χ0v) is 7.79. The quantitative estimate of drug-likeness (QED) is 0.695. The minimum Gasteiger partial charge on any atom is -0.384 e. The van der Waals surface area contributed by atoms with Crippen molar-refractivity contribution in [2.45, 2.75) is 13.3 Å². The Labute approximate surface area is 78.1 Å². The number of rotatable bonds is 4. The van der Waals surface area contributed by atoms with Gasteiger partial charge in [0.2, 0.25) is 0 Å². The number of nitrogen functional groups attached to an aromatic ring is 1. The second kappa shape index (κ2) is 4.77. The Morgan fingerprint density at radius 2 is 2.31 bits per heavy atom. The lowest BCUT2D eigenvalue weighted by molar-refractivity contribution is 0.163. The summed E-state index contributed by atoms with van der Waals surface area (Å²) < 4.78 is 5.10. The van der Waals surface area contributed by atoms with Crippen LogP contribution in [0.1, 0.15) is 11.5 Å². The molecule has 0 aliphatic heterocycles. The van der Waals surface area contributed by atoms with E-state index in [2.05, 4.69) is 16.9 Å². The molecule has 1 heterocycles. The van der Waals surface area contributed by atoms with Crippen molar-refractivity contribution in [1.29, 1.82) is 0 Å². The molecule has 0 aliphatic carbocycles. The van der Waals surface area contributed by atoms with Gasteiger partial charge in [0.25, 0.3) is 0 Å². The van der Waals surface area contributed by atoms with Crippen LogP contribution >= 0.6 is 0 Å². The van der Waals surface area contributed by atoms with E-state index in [0.717, 1.165) is 12.1 Å². The first-order valence-electron chi connectivity index (χ1n) is 4.19. The highest BCUT2D eigenvalue weighted by atomic mass is 16.5. The smallest absolute Gasteiger partial charge is 0.127 e. The summed E-state index contributed by atoms with van der Waals surface area (Å²) in [5.74, 6) is 1.21. The first kappa shape index (κ1) is 9.92. The van der Waals surface area contributed by atoms with Crippen molar-refractivity contribution in [1.82, 2.24) is 9.97 Å². The van der Waals surface area contributed by atoms with Crippen LogP contribution in [0.4, 0.5) is 5.82 Å². The SMILES string of the molecule is [CH2]COCCc1cc(N)nc(C)n1. The molecule has 0 fully saturated rings. The molecule has 1 rings (SSSR count). The number of hydrogen-bond donors (Lipinski definition) is 1. The van der Waals surface area contributed by atoms with Gasteiger partial charge in [-0.1, -0.05) is 0 Å². The summed E-state index contributed by atoms with van der Waals surface area (Å²) in [6.07, 6.45) is 0.753. The molecule has 0 spiro atoms. The summed E-state index contributed by atoms with van der Waals surface area (Å²) in [5.41, 5.74) is 6.47. The van der Waals surface area contributed by atoms with E-state index >= 15 is 0 Å². The molecule has 71 valence electrons. The standard InChI is InChI=1S/C9H14N3O/c1-3-13-5-4-8-6-9(10)12-7(2)11-8/h6H,1,3-5H2,2H3,(H2,10,11,12). The van der Waals surface area contributed by atoms with Crippen molar-refractivity contribution in [2.75, 3.05) is 18.9 Å². The predicted molar refractivity (Wildman–Crippen MR) is 51.1 cm³/mol. The summed E-state index contributed by atoms with van der Waals surface area (Å²) in [7, 11) is 0. The van der Waals surface area contributed by atoms with Gasteiger partial charge in [0.1, 0.15) is 11.6 Å². The second-order valence-electron chi connectivity index (χ2n) is 2.69. The van der Waals surface area contributed by atoms with Crippen molar-refractivity contribution in [3.05, 3.63) is 24.5 Å². The Morgan fingerprint density at radius 1 is 1.54 bits per heavy atom.